The summed E-state index contributed by atoms with van der Waals surface area (Å²) in [4.78, 5) is 11.9. The Labute approximate surface area is 112 Å². The van der Waals surface area contributed by atoms with Crippen LogP contribution in [0.5, 0.6) is 11.5 Å². The Morgan fingerprint density at radius 2 is 1.89 bits per heavy atom. The first-order valence-electron chi connectivity index (χ1n) is 6.40. The molecule has 3 nitrogen and oxygen atoms in total. The van der Waals surface area contributed by atoms with Crippen molar-refractivity contribution in [2.24, 2.45) is 5.73 Å². The van der Waals surface area contributed by atoms with Gasteiger partial charge in [0.05, 0.1) is 5.92 Å². The second-order valence-electron chi connectivity index (χ2n) is 4.66. The van der Waals surface area contributed by atoms with Gasteiger partial charge in [-0.25, -0.2) is 0 Å². The van der Waals surface area contributed by atoms with Crippen LogP contribution < -0.4 is 10.5 Å². The van der Waals surface area contributed by atoms with Crippen LogP contribution in [0.15, 0.2) is 42.5 Å². The molecular weight excluding hydrogens is 238 g/mol. The molecule has 3 rings (SSSR count). The third kappa shape index (κ3) is 1.78. The summed E-state index contributed by atoms with van der Waals surface area (Å²) in [6.07, 6.45) is 0.846. The largest absolute Gasteiger partial charge is 0.457 e. The number of nitrogens with two attached hydrogens (primary N) is 1. The van der Waals surface area contributed by atoms with Crippen LogP contribution in [0, 0.1) is 0 Å². The molecule has 96 valence electrons. The number of carbonyl (C=O) groups is 1. The summed E-state index contributed by atoms with van der Waals surface area (Å²) in [5.41, 5.74) is 8.50. The number of hydrogen-bond acceptors (Lipinski definition) is 2. The van der Waals surface area contributed by atoms with Gasteiger partial charge in [-0.1, -0.05) is 37.3 Å². The average molecular weight is 253 g/mol. The van der Waals surface area contributed by atoms with Gasteiger partial charge in [0.25, 0.3) is 0 Å². The second-order valence-corrected chi connectivity index (χ2v) is 4.66. The molecule has 3 heteroatoms. The molecule has 1 aliphatic rings. The van der Waals surface area contributed by atoms with Gasteiger partial charge < -0.3 is 10.5 Å². The molecule has 1 amide bonds. The Bertz CT molecular complexity index is 649. The number of benzene rings is 2. The summed E-state index contributed by atoms with van der Waals surface area (Å²) in [5, 5.41) is 0. The van der Waals surface area contributed by atoms with Crippen LogP contribution in [0.3, 0.4) is 0 Å². The quantitative estimate of drug-likeness (QED) is 0.894. The van der Waals surface area contributed by atoms with Gasteiger partial charge in [0.1, 0.15) is 11.5 Å². The highest BCUT2D eigenvalue weighted by Gasteiger charge is 2.32. The van der Waals surface area contributed by atoms with E-state index in [0.717, 1.165) is 28.9 Å². The lowest BCUT2D eigenvalue weighted by Crippen LogP contribution is -2.26. The molecule has 0 aliphatic carbocycles. The van der Waals surface area contributed by atoms with Crippen molar-refractivity contribution in [1.29, 1.82) is 0 Å². The maximum Gasteiger partial charge on any atom is 0.229 e. The molecular formula is C16H15NO2. The van der Waals surface area contributed by atoms with Crippen molar-refractivity contribution in [3.63, 3.8) is 0 Å². The SMILES string of the molecule is CCc1cccc2c1C(C(N)=O)c1ccccc1O2. The van der Waals surface area contributed by atoms with E-state index in [-0.39, 0.29) is 5.91 Å². The van der Waals surface area contributed by atoms with Crippen molar-refractivity contribution in [3.8, 4) is 11.5 Å². The molecule has 0 radical (unpaired) electrons. The first-order valence-corrected chi connectivity index (χ1v) is 6.40. The Hall–Kier alpha value is -2.29. The highest BCUT2D eigenvalue weighted by atomic mass is 16.5. The molecule has 2 aromatic carbocycles. The fraction of sp³-hybridized carbons (Fsp3) is 0.188. The van der Waals surface area contributed by atoms with Gasteiger partial charge in [-0.2, -0.15) is 0 Å². The minimum Gasteiger partial charge on any atom is -0.457 e. The molecule has 0 aromatic heterocycles. The van der Waals surface area contributed by atoms with E-state index in [4.69, 9.17) is 10.5 Å². The van der Waals surface area contributed by atoms with Gasteiger partial charge >= 0.3 is 0 Å². The predicted octanol–water partition coefficient (Wildman–Crippen LogP) is 2.97. The topological polar surface area (TPSA) is 52.3 Å². The molecule has 0 fully saturated rings. The van der Waals surface area contributed by atoms with E-state index in [2.05, 4.69) is 6.92 Å². The number of carbonyl (C=O) groups excluding carboxylic acids is 1. The van der Waals surface area contributed by atoms with Crippen molar-refractivity contribution in [1.82, 2.24) is 0 Å². The number of ether oxygens (including phenoxy) is 1. The summed E-state index contributed by atoms with van der Waals surface area (Å²) in [6, 6.07) is 13.4. The number of primary amides is 1. The number of hydrogen-bond donors (Lipinski definition) is 1. The predicted molar refractivity (Wildman–Crippen MR) is 73.4 cm³/mol. The monoisotopic (exact) mass is 253 g/mol. The van der Waals surface area contributed by atoms with Gasteiger partial charge in [-0.05, 0) is 24.1 Å². The van der Waals surface area contributed by atoms with E-state index < -0.39 is 5.92 Å². The fourth-order valence-corrected chi connectivity index (χ4v) is 2.70. The lowest BCUT2D eigenvalue weighted by atomic mass is 9.84. The van der Waals surface area contributed by atoms with Crippen LogP contribution in [-0.4, -0.2) is 5.91 Å². The lowest BCUT2D eigenvalue weighted by molar-refractivity contribution is -0.118. The Balaban J connectivity index is 2.27. The molecule has 0 bridgehead atoms. The minimum atomic E-state index is -0.420. The normalized spacial score (nSPS) is 16.2. The highest BCUT2D eigenvalue weighted by molar-refractivity contribution is 5.88. The van der Waals surface area contributed by atoms with Gasteiger partial charge in [-0.15, -0.1) is 0 Å². The van der Waals surface area contributed by atoms with E-state index in [1.165, 1.54) is 0 Å². The number of para-hydroxylation sites is 1. The fourth-order valence-electron chi connectivity index (χ4n) is 2.70. The zero-order valence-corrected chi connectivity index (χ0v) is 10.7. The molecule has 2 aromatic rings. The van der Waals surface area contributed by atoms with Gasteiger partial charge in [0.2, 0.25) is 5.91 Å². The van der Waals surface area contributed by atoms with E-state index in [9.17, 15) is 4.79 Å². The number of aryl methyl sites for hydroxylation is 1. The summed E-state index contributed by atoms with van der Waals surface area (Å²) in [7, 11) is 0. The molecule has 0 saturated heterocycles. The van der Waals surface area contributed by atoms with Crippen molar-refractivity contribution < 1.29 is 9.53 Å². The van der Waals surface area contributed by atoms with Crippen LogP contribution in [-0.2, 0) is 11.2 Å². The van der Waals surface area contributed by atoms with Crippen molar-refractivity contribution >= 4 is 5.91 Å². The first-order chi connectivity index (χ1) is 9.22. The zero-order valence-electron chi connectivity index (χ0n) is 10.7. The maximum atomic E-state index is 11.9. The molecule has 1 heterocycles. The number of rotatable bonds is 2. The molecule has 0 saturated carbocycles. The Morgan fingerprint density at radius 3 is 2.63 bits per heavy atom. The number of amides is 1. The van der Waals surface area contributed by atoms with Crippen molar-refractivity contribution in [2.45, 2.75) is 19.3 Å². The first kappa shape index (κ1) is 11.8. The van der Waals surface area contributed by atoms with Crippen molar-refractivity contribution in [2.75, 3.05) is 0 Å². The van der Waals surface area contributed by atoms with Crippen LogP contribution in [0.25, 0.3) is 0 Å². The third-order valence-corrected chi connectivity index (χ3v) is 3.56. The molecule has 19 heavy (non-hydrogen) atoms. The molecule has 1 aliphatic heterocycles. The zero-order chi connectivity index (χ0) is 13.4. The second kappa shape index (κ2) is 4.43. The van der Waals surface area contributed by atoms with Gasteiger partial charge in [-0.3, -0.25) is 4.79 Å². The number of fused-ring (bicyclic) bond motifs is 2. The van der Waals surface area contributed by atoms with Crippen LogP contribution in [0.1, 0.15) is 29.5 Å². The minimum absolute atomic E-state index is 0.335. The van der Waals surface area contributed by atoms with E-state index in [0.29, 0.717) is 5.75 Å². The van der Waals surface area contributed by atoms with Crippen LogP contribution >= 0.6 is 0 Å². The molecule has 1 unspecified atom stereocenters. The molecule has 0 spiro atoms. The summed E-state index contributed by atoms with van der Waals surface area (Å²) in [5.74, 6) is 0.697. The van der Waals surface area contributed by atoms with E-state index in [1.807, 2.05) is 42.5 Å². The van der Waals surface area contributed by atoms with E-state index >= 15 is 0 Å². The van der Waals surface area contributed by atoms with Crippen LogP contribution in [0.4, 0.5) is 0 Å². The molecule has 2 N–H and O–H groups in total. The average Bonchev–Trinajstić information content (AvgIpc) is 2.43. The summed E-state index contributed by atoms with van der Waals surface area (Å²) >= 11 is 0. The van der Waals surface area contributed by atoms with Crippen molar-refractivity contribution in [3.05, 3.63) is 59.2 Å². The lowest BCUT2D eigenvalue weighted by Gasteiger charge is -2.28. The van der Waals surface area contributed by atoms with Gasteiger partial charge in [0, 0.05) is 11.1 Å². The third-order valence-electron chi connectivity index (χ3n) is 3.56. The smallest absolute Gasteiger partial charge is 0.229 e. The summed E-state index contributed by atoms with van der Waals surface area (Å²) in [6.45, 7) is 2.06. The maximum absolute atomic E-state index is 11.9. The summed E-state index contributed by atoms with van der Waals surface area (Å²) < 4.78 is 5.89. The Kier molecular flexibility index (Phi) is 2.75. The highest BCUT2D eigenvalue weighted by Crippen LogP contribution is 2.45. The standard InChI is InChI=1S/C16H15NO2/c1-2-10-6-5-9-13-14(10)15(16(17)18)11-7-3-4-8-12(11)19-13/h3-9,15H,2H2,1H3,(H2,17,18). The van der Waals surface area contributed by atoms with E-state index in [1.54, 1.807) is 0 Å². The van der Waals surface area contributed by atoms with Crippen LogP contribution in [0.2, 0.25) is 0 Å². The van der Waals surface area contributed by atoms with Gasteiger partial charge in [0.15, 0.2) is 0 Å². The molecule has 1 atom stereocenters. The Morgan fingerprint density at radius 1 is 1.16 bits per heavy atom.